The van der Waals surface area contributed by atoms with Crippen molar-refractivity contribution in [1.29, 1.82) is 0 Å². The molecule has 0 saturated carbocycles. The van der Waals surface area contributed by atoms with Gasteiger partial charge in [0.1, 0.15) is 6.61 Å². The summed E-state index contributed by atoms with van der Waals surface area (Å²) in [6, 6.07) is 3.69. The number of pyridine rings is 1. The molecular formula is C14H23NO3. The van der Waals surface area contributed by atoms with E-state index in [0.717, 1.165) is 24.1 Å². The number of aromatic nitrogens is 1. The van der Waals surface area contributed by atoms with Crippen molar-refractivity contribution in [1.82, 2.24) is 4.98 Å². The fourth-order valence-electron chi connectivity index (χ4n) is 1.60. The van der Waals surface area contributed by atoms with E-state index < -0.39 is 0 Å². The average Bonchev–Trinajstić information content (AvgIpc) is 2.34. The lowest BCUT2D eigenvalue weighted by Gasteiger charge is -2.10. The molecule has 0 aliphatic heterocycles. The average molecular weight is 253 g/mol. The number of rotatable bonds is 8. The highest BCUT2D eigenvalue weighted by Crippen LogP contribution is 2.14. The normalized spacial score (nSPS) is 10.9. The Morgan fingerprint density at radius 1 is 1.28 bits per heavy atom. The second-order valence-corrected chi connectivity index (χ2v) is 4.48. The van der Waals surface area contributed by atoms with Gasteiger partial charge in [0, 0.05) is 11.8 Å². The van der Waals surface area contributed by atoms with E-state index in [1.54, 1.807) is 6.07 Å². The molecule has 1 N–H and O–H groups in total. The summed E-state index contributed by atoms with van der Waals surface area (Å²) < 4.78 is 10.9. The minimum absolute atomic E-state index is 0.0120. The molecule has 0 aliphatic carbocycles. The van der Waals surface area contributed by atoms with Crippen molar-refractivity contribution in [2.75, 3.05) is 13.2 Å². The van der Waals surface area contributed by atoms with Crippen LogP contribution in [0.25, 0.3) is 0 Å². The third-order valence-electron chi connectivity index (χ3n) is 2.39. The minimum atomic E-state index is 0.0120. The number of aryl methyl sites for hydroxylation is 1. The molecule has 0 amide bonds. The number of hydrogen-bond acceptors (Lipinski definition) is 4. The molecule has 4 nitrogen and oxygen atoms in total. The quantitative estimate of drug-likeness (QED) is 0.722. The van der Waals surface area contributed by atoms with Crippen LogP contribution in [-0.4, -0.2) is 29.4 Å². The Kier molecular flexibility index (Phi) is 6.68. The molecule has 1 aromatic rings. The Balaban J connectivity index is 2.55. The summed E-state index contributed by atoms with van der Waals surface area (Å²) >= 11 is 0. The van der Waals surface area contributed by atoms with Gasteiger partial charge in [-0.2, -0.15) is 0 Å². The number of ether oxygens (including phenoxy) is 2. The summed E-state index contributed by atoms with van der Waals surface area (Å²) in [5.74, 6) is 0.567. The Bertz CT molecular complexity index is 353. The molecule has 0 saturated heterocycles. The minimum Gasteiger partial charge on any atom is -0.475 e. The second-order valence-electron chi connectivity index (χ2n) is 4.48. The molecule has 0 radical (unpaired) electrons. The van der Waals surface area contributed by atoms with Crippen LogP contribution in [0, 0.1) is 0 Å². The van der Waals surface area contributed by atoms with Gasteiger partial charge in [0.2, 0.25) is 5.88 Å². The molecule has 0 aliphatic rings. The molecule has 1 aromatic heterocycles. The predicted molar refractivity (Wildman–Crippen MR) is 70.7 cm³/mol. The Hall–Kier alpha value is -1.13. The Labute approximate surface area is 109 Å². The topological polar surface area (TPSA) is 51.6 Å². The summed E-state index contributed by atoms with van der Waals surface area (Å²) in [6.45, 7) is 7.12. The molecule has 0 unspecified atom stereocenters. The fourth-order valence-corrected chi connectivity index (χ4v) is 1.60. The number of aliphatic hydroxyl groups excluding tert-OH is 1. The zero-order chi connectivity index (χ0) is 13.4. The van der Waals surface area contributed by atoms with E-state index in [9.17, 15) is 5.11 Å². The van der Waals surface area contributed by atoms with Gasteiger partial charge in [0.25, 0.3) is 0 Å². The Morgan fingerprint density at radius 2 is 2.06 bits per heavy atom. The Morgan fingerprint density at radius 3 is 2.67 bits per heavy atom. The van der Waals surface area contributed by atoms with Gasteiger partial charge in [-0.1, -0.05) is 13.3 Å². The van der Waals surface area contributed by atoms with E-state index in [4.69, 9.17) is 9.47 Å². The predicted octanol–water partition coefficient (Wildman–Crippen LogP) is 2.33. The highest BCUT2D eigenvalue weighted by molar-refractivity contribution is 5.24. The van der Waals surface area contributed by atoms with Crippen molar-refractivity contribution >= 4 is 0 Å². The smallest absolute Gasteiger partial charge is 0.213 e. The van der Waals surface area contributed by atoms with Crippen molar-refractivity contribution in [3.8, 4) is 5.88 Å². The van der Waals surface area contributed by atoms with Crippen LogP contribution in [0.2, 0.25) is 0 Å². The van der Waals surface area contributed by atoms with E-state index in [0.29, 0.717) is 19.1 Å². The third kappa shape index (κ3) is 5.47. The molecule has 4 heteroatoms. The lowest BCUT2D eigenvalue weighted by molar-refractivity contribution is 0.0541. The lowest BCUT2D eigenvalue weighted by Crippen LogP contribution is -2.12. The van der Waals surface area contributed by atoms with Gasteiger partial charge in [-0.05, 0) is 31.9 Å². The van der Waals surface area contributed by atoms with Crippen LogP contribution in [0.15, 0.2) is 12.1 Å². The van der Waals surface area contributed by atoms with Crippen LogP contribution in [0.4, 0.5) is 0 Å². The maximum atomic E-state index is 9.19. The van der Waals surface area contributed by atoms with Gasteiger partial charge in [0.15, 0.2) is 0 Å². The molecule has 0 aromatic carbocycles. The van der Waals surface area contributed by atoms with Crippen molar-refractivity contribution < 1.29 is 14.6 Å². The first-order chi connectivity index (χ1) is 8.65. The number of aliphatic hydroxyl groups is 1. The second kappa shape index (κ2) is 8.06. The van der Waals surface area contributed by atoms with E-state index in [-0.39, 0.29) is 12.7 Å². The zero-order valence-electron chi connectivity index (χ0n) is 11.5. The molecule has 18 heavy (non-hydrogen) atoms. The molecule has 0 atom stereocenters. The number of hydrogen-bond donors (Lipinski definition) is 1. The maximum Gasteiger partial charge on any atom is 0.213 e. The van der Waals surface area contributed by atoms with Crippen molar-refractivity contribution in [3.05, 3.63) is 23.4 Å². The molecular weight excluding hydrogens is 230 g/mol. The standard InChI is InChI=1S/C14H23NO3/c1-4-5-13-8-12(10-16)9-14(15-13)18-7-6-17-11(2)3/h8-9,11,16H,4-7,10H2,1-3H3. The van der Waals surface area contributed by atoms with Crippen LogP contribution < -0.4 is 4.74 Å². The van der Waals surface area contributed by atoms with Crippen molar-refractivity contribution in [2.24, 2.45) is 0 Å². The maximum absolute atomic E-state index is 9.19. The van der Waals surface area contributed by atoms with E-state index in [2.05, 4.69) is 11.9 Å². The van der Waals surface area contributed by atoms with E-state index in [1.165, 1.54) is 0 Å². The molecule has 0 spiro atoms. The number of nitrogens with zero attached hydrogens (tertiary/aromatic N) is 1. The monoisotopic (exact) mass is 253 g/mol. The van der Waals surface area contributed by atoms with Crippen LogP contribution >= 0.6 is 0 Å². The fraction of sp³-hybridized carbons (Fsp3) is 0.643. The van der Waals surface area contributed by atoms with Crippen molar-refractivity contribution in [2.45, 2.75) is 46.3 Å². The highest BCUT2D eigenvalue weighted by Gasteiger charge is 2.03. The largest absolute Gasteiger partial charge is 0.475 e. The van der Waals surface area contributed by atoms with Crippen LogP contribution in [0.3, 0.4) is 0 Å². The van der Waals surface area contributed by atoms with E-state index in [1.807, 2.05) is 19.9 Å². The van der Waals surface area contributed by atoms with Gasteiger partial charge < -0.3 is 14.6 Å². The van der Waals surface area contributed by atoms with Gasteiger partial charge >= 0.3 is 0 Å². The molecule has 0 bridgehead atoms. The molecule has 1 rings (SSSR count). The van der Waals surface area contributed by atoms with Crippen LogP contribution in [0.1, 0.15) is 38.4 Å². The van der Waals surface area contributed by atoms with E-state index >= 15 is 0 Å². The van der Waals surface area contributed by atoms with Gasteiger partial charge in [-0.3, -0.25) is 0 Å². The van der Waals surface area contributed by atoms with Gasteiger partial charge in [-0.15, -0.1) is 0 Å². The first-order valence-electron chi connectivity index (χ1n) is 6.50. The van der Waals surface area contributed by atoms with Crippen molar-refractivity contribution in [3.63, 3.8) is 0 Å². The van der Waals surface area contributed by atoms with Crippen LogP contribution in [-0.2, 0) is 17.8 Å². The van der Waals surface area contributed by atoms with Gasteiger partial charge in [-0.25, -0.2) is 4.98 Å². The summed E-state index contributed by atoms with van der Waals surface area (Å²) in [7, 11) is 0. The molecule has 1 heterocycles. The zero-order valence-corrected chi connectivity index (χ0v) is 11.5. The summed E-state index contributed by atoms with van der Waals surface area (Å²) in [4.78, 5) is 4.40. The summed E-state index contributed by atoms with van der Waals surface area (Å²) in [6.07, 6.45) is 2.13. The lowest BCUT2D eigenvalue weighted by atomic mass is 10.2. The summed E-state index contributed by atoms with van der Waals surface area (Å²) in [5.41, 5.74) is 1.80. The SMILES string of the molecule is CCCc1cc(CO)cc(OCCOC(C)C)n1. The van der Waals surface area contributed by atoms with Crippen LogP contribution in [0.5, 0.6) is 5.88 Å². The summed E-state index contributed by atoms with van der Waals surface area (Å²) in [5, 5.41) is 9.19. The molecule has 0 fully saturated rings. The molecule has 102 valence electrons. The highest BCUT2D eigenvalue weighted by atomic mass is 16.5. The van der Waals surface area contributed by atoms with Gasteiger partial charge in [0.05, 0.1) is 19.3 Å². The first kappa shape index (κ1) is 14.9. The third-order valence-corrected chi connectivity index (χ3v) is 2.39. The first-order valence-corrected chi connectivity index (χ1v) is 6.50.